The second-order valence-electron chi connectivity index (χ2n) is 8.60. The third kappa shape index (κ3) is 4.68. The van der Waals surface area contributed by atoms with Crippen LogP contribution in [0.5, 0.6) is 0 Å². The van der Waals surface area contributed by atoms with Crippen LogP contribution in [-0.4, -0.2) is 27.3 Å². The summed E-state index contributed by atoms with van der Waals surface area (Å²) in [4.78, 5) is 30.7. The number of carbonyl (C=O) groups is 1. The molecule has 0 aliphatic heterocycles. The van der Waals surface area contributed by atoms with Crippen molar-refractivity contribution in [2.45, 2.75) is 82.0 Å². The van der Waals surface area contributed by atoms with Gasteiger partial charge in [-0.2, -0.15) is 0 Å². The van der Waals surface area contributed by atoms with Gasteiger partial charge in [0, 0.05) is 12.1 Å². The number of nitrogens with zero attached hydrogens (tertiary/aromatic N) is 2. The first-order chi connectivity index (χ1) is 14.1. The Morgan fingerprint density at radius 3 is 2.62 bits per heavy atom. The highest BCUT2D eigenvalue weighted by Crippen LogP contribution is 2.31. The Hall–Kier alpha value is -1.82. The Morgan fingerprint density at radius 2 is 1.83 bits per heavy atom. The van der Waals surface area contributed by atoms with Crippen molar-refractivity contribution in [1.82, 2.24) is 14.9 Å². The number of para-hydroxylation sites is 1. The van der Waals surface area contributed by atoms with E-state index in [2.05, 4.69) is 12.2 Å². The topological polar surface area (TPSA) is 64.0 Å². The molecule has 2 aromatic rings. The van der Waals surface area contributed by atoms with Crippen LogP contribution in [0.1, 0.15) is 70.8 Å². The van der Waals surface area contributed by atoms with Crippen molar-refractivity contribution in [3.05, 3.63) is 34.6 Å². The van der Waals surface area contributed by atoms with Crippen molar-refractivity contribution < 1.29 is 4.79 Å². The SMILES string of the molecule is C[C@H]1CCCC[C@@H]1NC(=O)CSc1nc2ccccc2c(=O)n1C1CCCCC1. The normalized spacial score (nSPS) is 23.2. The van der Waals surface area contributed by atoms with Crippen LogP contribution in [0, 0.1) is 5.92 Å². The highest BCUT2D eigenvalue weighted by Gasteiger charge is 2.25. The molecule has 1 aromatic carbocycles. The third-order valence-corrected chi connectivity index (χ3v) is 7.46. The van der Waals surface area contributed by atoms with Gasteiger partial charge in [0.15, 0.2) is 5.16 Å². The van der Waals surface area contributed by atoms with E-state index in [0.717, 1.165) is 32.1 Å². The van der Waals surface area contributed by atoms with Gasteiger partial charge < -0.3 is 5.32 Å². The molecule has 1 N–H and O–H groups in total. The standard InChI is InChI=1S/C23H31N3O2S/c1-16-9-5-7-13-19(16)24-21(27)15-29-23-25-20-14-8-6-12-18(20)22(28)26(23)17-10-3-2-4-11-17/h6,8,12,14,16-17,19H,2-5,7,9-11,13,15H2,1H3,(H,24,27)/t16-,19-/m0/s1. The van der Waals surface area contributed by atoms with Crippen molar-refractivity contribution in [1.29, 1.82) is 0 Å². The molecule has 29 heavy (non-hydrogen) atoms. The first kappa shape index (κ1) is 20.5. The number of hydrogen-bond donors (Lipinski definition) is 1. The monoisotopic (exact) mass is 413 g/mol. The van der Waals surface area contributed by atoms with Crippen LogP contribution in [0.2, 0.25) is 0 Å². The number of thioether (sulfide) groups is 1. The molecule has 1 heterocycles. The quantitative estimate of drug-likeness (QED) is 0.571. The zero-order chi connectivity index (χ0) is 20.2. The molecule has 1 aromatic heterocycles. The van der Waals surface area contributed by atoms with Gasteiger partial charge in [-0.1, -0.05) is 62.9 Å². The van der Waals surface area contributed by atoms with Crippen LogP contribution in [-0.2, 0) is 4.79 Å². The zero-order valence-corrected chi connectivity index (χ0v) is 18.0. The van der Waals surface area contributed by atoms with Gasteiger partial charge in [-0.05, 0) is 43.7 Å². The fourth-order valence-corrected chi connectivity index (χ4v) is 5.68. The fraction of sp³-hybridized carbons (Fsp3) is 0.609. The predicted molar refractivity (Wildman–Crippen MR) is 118 cm³/mol. The molecule has 6 heteroatoms. The van der Waals surface area contributed by atoms with E-state index in [0.29, 0.717) is 27.7 Å². The molecule has 2 atom stereocenters. The van der Waals surface area contributed by atoms with Gasteiger partial charge >= 0.3 is 0 Å². The molecule has 0 spiro atoms. The summed E-state index contributed by atoms with van der Waals surface area (Å²) in [5, 5.41) is 4.57. The lowest BCUT2D eigenvalue weighted by molar-refractivity contribution is -0.119. The number of amides is 1. The minimum atomic E-state index is 0.0336. The van der Waals surface area contributed by atoms with Gasteiger partial charge in [0.2, 0.25) is 5.91 Å². The van der Waals surface area contributed by atoms with Gasteiger partial charge in [0.05, 0.1) is 16.7 Å². The molecule has 4 rings (SSSR count). The van der Waals surface area contributed by atoms with Crippen LogP contribution in [0.15, 0.2) is 34.2 Å². The van der Waals surface area contributed by atoms with Gasteiger partial charge in [-0.15, -0.1) is 0 Å². The Bertz CT molecular complexity index is 920. The third-order valence-electron chi connectivity index (χ3n) is 6.51. The number of aromatic nitrogens is 2. The van der Waals surface area contributed by atoms with E-state index in [4.69, 9.17) is 4.98 Å². The van der Waals surface area contributed by atoms with Crippen molar-refractivity contribution >= 4 is 28.6 Å². The van der Waals surface area contributed by atoms with E-state index in [1.54, 1.807) is 0 Å². The van der Waals surface area contributed by atoms with E-state index < -0.39 is 0 Å². The lowest BCUT2D eigenvalue weighted by Gasteiger charge is -2.29. The minimum absolute atomic E-state index is 0.0336. The molecule has 0 unspecified atom stereocenters. The number of rotatable bonds is 5. The summed E-state index contributed by atoms with van der Waals surface area (Å²) < 4.78 is 1.88. The first-order valence-electron chi connectivity index (χ1n) is 11.1. The molecule has 2 fully saturated rings. The summed E-state index contributed by atoms with van der Waals surface area (Å²) in [5.74, 6) is 0.893. The van der Waals surface area contributed by atoms with E-state index in [1.807, 2.05) is 28.8 Å². The maximum absolute atomic E-state index is 13.3. The van der Waals surface area contributed by atoms with E-state index in [9.17, 15) is 9.59 Å². The number of fused-ring (bicyclic) bond motifs is 1. The molecule has 156 valence electrons. The molecular formula is C23H31N3O2S. The average Bonchev–Trinajstić information content (AvgIpc) is 2.75. The van der Waals surface area contributed by atoms with Crippen molar-refractivity contribution in [3.63, 3.8) is 0 Å². The average molecular weight is 414 g/mol. The van der Waals surface area contributed by atoms with Gasteiger partial charge in [-0.3, -0.25) is 14.2 Å². The van der Waals surface area contributed by atoms with Gasteiger partial charge in [0.25, 0.3) is 5.56 Å². The Morgan fingerprint density at radius 1 is 1.10 bits per heavy atom. The molecule has 5 nitrogen and oxygen atoms in total. The summed E-state index contributed by atoms with van der Waals surface area (Å²) in [6, 6.07) is 8.01. The molecule has 2 aliphatic rings. The molecular weight excluding hydrogens is 382 g/mol. The summed E-state index contributed by atoms with van der Waals surface area (Å²) in [7, 11) is 0. The molecule has 0 bridgehead atoms. The maximum atomic E-state index is 13.3. The zero-order valence-electron chi connectivity index (χ0n) is 17.2. The summed E-state index contributed by atoms with van der Waals surface area (Å²) in [6.07, 6.45) is 10.3. The van der Waals surface area contributed by atoms with E-state index in [1.165, 1.54) is 37.4 Å². The van der Waals surface area contributed by atoms with E-state index >= 15 is 0 Å². The highest BCUT2D eigenvalue weighted by molar-refractivity contribution is 7.99. The number of carbonyl (C=O) groups excluding carboxylic acids is 1. The second kappa shape index (κ2) is 9.33. The number of benzene rings is 1. The number of hydrogen-bond acceptors (Lipinski definition) is 4. The second-order valence-corrected chi connectivity index (χ2v) is 9.55. The first-order valence-corrected chi connectivity index (χ1v) is 12.1. The Balaban J connectivity index is 1.55. The van der Waals surface area contributed by atoms with Gasteiger partial charge in [0.1, 0.15) is 0 Å². The van der Waals surface area contributed by atoms with Crippen molar-refractivity contribution in [2.75, 3.05) is 5.75 Å². The molecule has 2 saturated carbocycles. The smallest absolute Gasteiger partial charge is 0.262 e. The molecule has 1 amide bonds. The highest BCUT2D eigenvalue weighted by atomic mass is 32.2. The Labute approximate surface area is 176 Å². The Kier molecular flexibility index (Phi) is 6.58. The minimum Gasteiger partial charge on any atom is -0.352 e. The van der Waals surface area contributed by atoms with Crippen LogP contribution in [0.4, 0.5) is 0 Å². The summed E-state index contributed by atoms with van der Waals surface area (Å²) >= 11 is 1.41. The van der Waals surface area contributed by atoms with Crippen LogP contribution in [0.25, 0.3) is 10.9 Å². The van der Waals surface area contributed by atoms with Crippen LogP contribution in [0.3, 0.4) is 0 Å². The largest absolute Gasteiger partial charge is 0.352 e. The summed E-state index contributed by atoms with van der Waals surface area (Å²) in [6.45, 7) is 2.23. The molecule has 0 saturated heterocycles. The number of nitrogens with one attached hydrogen (secondary N) is 1. The van der Waals surface area contributed by atoms with Crippen LogP contribution < -0.4 is 10.9 Å². The predicted octanol–water partition coefficient (Wildman–Crippen LogP) is 4.69. The van der Waals surface area contributed by atoms with E-state index in [-0.39, 0.29) is 23.6 Å². The van der Waals surface area contributed by atoms with Crippen molar-refractivity contribution in [3.8, 4) is 0 Å². The summed E-state index contributed by atoms with van der Waals surface area (Å²) in [5.41, 5.74) is 0.750. The van der Waals surface area contributed by atoms with Crippen molar-refractivity contribution in [2.24, 2.45) is 5.92 Å². The fourth-order valence-electron chi connectivity index (χ4n) is 4.80. The lowest BCUT2D eigenvalue weighted by atomic mass is 9.86. The lowest BCUT2D eigenvalue weighted by Crippen LogP contribution is -2.42. The molecule has 2 aliphatic carbocycles. The molecule has 0 radical (unpaired) electrons. The van der Waals surface area contributed by atoms with Gasteiger partial charge in [-0.25, -0.2) is 4.98 Å². The maximum Gasteiger partial charge on any atom is 0.262 e. The van der Waals surface area contributed by atoms with Crippen LogP contribution >= 0.6 is 11.8 Å².